The van der Waals surface area contributed by atoms with Gasteiger partial charge in [-0.3, -0.25) is 4.79 Å². The van der Waals surface area contributed by atoms with Gasteiger partial charge in [0.05, 0.1) is 25.1 Å². The van der Waals surface area contributed by atoms with Gasteiger partial charge in [-0.15, -0.1) is 0 Å². The maximum atomic E-state index is 13.2. The summed E-state index contributed by atoms with van der Waals surface area (Å²) in [5.74, 6) is 2.92. The number of nitrogens with zero attached hydrogens (tertiary/aromatic N) is 5. The monoisotopic (exact) mass is 439 g/mol. The first-order chi connectivity index (χ1) is 15.6. The third kappa shape index (κ3) is 4.30. The number of H-pyrrole nitrogens is 1. The van der Waals surface area contributed by atoms with Gasteiger partial charge in [-0.2, -0.15) is 4.98 Å². The van der Waals surface area contributed by atoms with Gasteiger partial charge < -0.3 is 24.8 Å². The van der Waals surface area contributed by atoms with E-state index in [9.17, 15) is 4.79 Å². The number of aromatic amines is 1. The molecule has 3 aliphatic rings. The number of hydrogen-bond donors (Lipinski definition) is 2. The van der Waals surface area contributed by atoms with E-state index in [1.54, 1.807) is 0 Å². The van der Waals surface area contributed by atoms with Crippen LogP contribution in [0.1, 0.15) is 50.1 Å². The van der Waals surface area contributed by atoms with Crippen LogP contribution in [-0.2, 0) is 28.8 Å². The Kier molecular flexibility index (Phi) is 5.99. The van der Waals surface area contributed by atoms with E-state index in [-0.39, 0.29) is 11.9 Å². The lowest BCUT2D eigenvalue weighted by atomic mass is 10.1. The number of morpholine rings is 1. The van der Waals surface area contributed by atoms with Crippen molar-refractivity contribution in [1.82, 2.24) is 24.8 Å². The third-order valence-corrected chi connectivity index (χ3v) is 6.53. The van der Waals surface area contributed by atoms with Crippen molar-refractivity contribution in [3.8, 4) is 0 Å². The summed E-state index contributed by atoms with van der Waals surface area (Å²) in [6.45, 7) is 7.76. The van der Waals surface area contributed by atoms with Crippen molar-refractivity contribution in [2.24, 2.45) is 5.92 Å². The van der Waals surface area contributed by atoms with Crippen molar-refractivity contribution < 1.29 is 9.53 Å². The Morgan fingerprint density at radius 1 is 1.22 bits per heavy atom. The van der Waals surface area contributed by atoms with Gasteiger partial charge in [0.25, 0.3) is 0 Å². The molecule has 9 nitrogen and oxygen atoms in total. The Hall–Kier alpha value is -2.68. The second-order valence-corrected chi connectivity index (χ2v) is 9.42. The molecule has 0 bridgehead atoms. The van der Waals surface area contributed by atoms with E-state index in [1.165, 1.54) is 5.56 Å². The highest BCUT2D eigenvalue weighted by Gasteiger charge is 2.36. The first-order valence-corrected chi connectivity index (χ1v) is 11.9. The number of nitrogens with one attached hydrogen (secondary N) is 2. The molecule has 9 heteroatoms. The second kappa shape index (κ2) is 9.05. The highest BCUT2D eigenvalue weighted by molar-refractivity contribution is 5.85. The van der Waals surface area contributed by atoms with Crippen molar-refractivity contribution in [2.75, 3.05) is 43.1 Å². The fourth-order valence-electron chi connectivity index (χ4n) is 4.99. The predicted molar refractivity (Wildman–Crippen MR) is 122 cm³/mol. The summed E-state index contributed by atoms with van der Waals surface area (Å²) < 4.78 is 5.42. The van der Waals surface area contributed by atoms with Crippen molar-refractivity contribution in [2.45, 2.75) is 58.4 Å². The second-order valence-electron chi connectivity index (χ2n) is 9.42. The summed E-state index contributed by atoms with van der Waals surface area (Å²) in [5, 5.41) is 3.41. The molecule has 2 N–H and O–H groups in total. The molecule has 1 aliphatic carbocycles. The van der Waals surface area contributed by atoms with E-state index in [0.717, 1.165) is 62.3 Å². The molecule has 5 rings (SSSR count). The molecular weight excluding hydrogens is 406 g/mol. The molecule has 1 unspecified atom stereocenters. The zero-order valence-corrected chi connectivity index (χ0v) is 19.1. The summed E-state index contributed by atoms with van der Waals surface area (Å²) in [4.78, 5) is 35.0. The lowest BCUT2D eigenvalue weighted by Crippen LogP contribution is -2.50. The van der Waals surface area contributed by atoms with Gasteiger partial charge in [-0.1, -0.05) is 13.8 Å². The molecule has 1 amide bonds. The summed E-state index contributed by atoms with van der Waals surface area (Å²) in [6, 6.07) is -0.193. The Morgan fingerprint density at radius 3 is 2.88 bits per heavy atom. The lowest BCUT2D eigenvalue weighted by molar-refractivity contribution is -0.136. The molecule has 1 atom stereocenters. The van der Waals surface area contributed by atoms with E-state index < -0.39 is 0 Å². The van der Waals surface area contributed by atoms with E-state index in [1.807, 2.05) is 11.1 Å². The van der Waals surface area contributed by atoms with Crippen LogP contribution < -0.4 is 10.2 Å². The Morgan fingerprint density at radius 2 is 2.06 bits per heavy atom. The van der Waals surface area contributed by atoms with Gasteiger partial charge in [0.1, 0.15) is 11.9 Å². The molecule has 2 aliphatic heterocycles. The summed E-state index contributed by atoms with van der Waals surface area (Å²) in [7, 11) is 0. The summed E-state index contributed by atoms with van der Waals surface area (Å²) >= 11 is 0. The third-order valence-electron chi connectivity index (χ3n) is 6.53. The molecule has 2 fully saturated rings. The Balaban J connectivity index is 1.39. The van der Waals surface area contributed by atoms with Crippen LogP contribution in [-0.4, -0.2) is 69.6 Å². The van der Waals surface area contributed by atoms with Crippen molar-refractivity contribution >= 4 is 23.6 Å². The van der Waals surface area contributed by atoms with Gasteiger partial charge >= 0.3 is 0 Å². The number of amides is 1. The number of aryl methyl sites for hydroxylation is 1. The fraction of sp³-hybridized carbons (Fsp3) is 0.652. The SMILES string of the molecule is CC(C)Cc1cnc(Nc2nc(N3CCCC3C(=O)N3CCOCC3)nc3c2CCC3)[nH]1. The number of anilines is 3. The maximum absolute atomic E-state index is 13.2. The minimum Gasteiger partial charge on any atom is -0.378 e. The minimum atomic E-state index is -0.193. The zero-order valence-electron chi connectivity index (χ0n) is 19.1. The van der Waals surface area contributed by atoms with Crippen LogP contribution in [0.4, 0.5) is 17.7 Å². The average molecular weight is 440 g/mol. The topological polar surface area (TPSA) is 99.3 Å². The molecule has 2 aromatic heterocycles. The first kappa shape index (κ1) is 21.2. The number of imidazole rings is 1. The van der Waals surface area contributed by atoms with Crippen LogP contribution in [0.25, 0.3) is 0 Å². The van der Waals surface area contributed by atoms with E-state index in [0.29, 0.717) is 44.1 Å². The van der Waals surface area contributed by atoms with Crippen LogP contribution in [0.15, 0.2) is 6.20 Å². The van der Waals surface area contributed by atoms with Crippen molar-refractivity contribution in [3.63, 3.8) is 0 Å². The lowest BCUT2D eigenvalue weighted by Gasteiger charge is -2.32. The van der Waals surface area contributed by atoms with Crippen LogP contribution in [0.2, 0.25) is 0 Å². The normalized spacial score (nSPS) is 20.8. The number of hydrogen-bond acceptors (Lipinski definition) is 7. The smallest absolute Gasteiger partial charge is 0.245 e. The molecule has 2 saturated heterocycles. The summed E-state index contributed by atoms with van der Waals surface area (Å²) in [5.41, 5.74) is 3.38. The Labute approximate surface area is 189 Å². The van der Waals surface area contributed by atoms with Gasteiger partial charge in [0, 0.05) is 30.9 Å². The van der Waals surface area contributed by atoms with E-state index in [2.05, 4.69) is 34.0 Å². The van der Waals surface area contributed by atoms with Crippen LogP contribution in [0.5, 0.6) is 0 Å². The molecule has 32 heavy (non-hydrogen) atoms. The molecule has 4 heterocycles. The van der Waals surface area contributed by atoms with Crippen LogP contribution >= 0.6 is 0 Å². The van der Waals surface area contributed by atoms with Crippen LogP contribution in [0, 0.1) is 5.92 Å². The largest absolute Gasteiger partial charge is 0.378 e. The number of carbonyl (C=O) groups is 1. The molecule has 172 valence electrons. The average Bonchev–Trinajstić information content (AvgIpc) is 3.54. The molecule has 0 spiro atoms. The van der Waals surface area contributed by atoms with Gasteiger partial charge in [-0.05, 0) is 44.4 Å². The Bertz CT molecular complexity index is 967. The zero-order chi connectivity index (χ0) is 22.1. The number of aromatic nitrogens is 4. The number of fused-ring (bicyclic) bond motifs is 1. The molecule has 0 aromatic carbocycles. The van der Waals surface area contributed by atoms with E-state index >= 15 is 0 Å². The number of ether oxygens (including phenoxy) is 1. The maximum Gasteiger partial charge on any atom is 0.245 e. The number of carbonyl (C=O) groups excluding carboxylic acids is 1. The van der Waals surface area contributed by atoms with Gasteiger partial charge in [0.15, 0.2) is 0 Å². The highest BCUT2D eigenvalue weighted by Crippen LogP contribution is 2.32. The highest BCUT2D eigenvalue weighted by atomic mass is 16.5. The first-order valence-electron chi connectivity index (χ1n) is 11.9. The van der Waals surface area contributed by atoms with Gasteiger partial charge in [-0.25, -0.2) is 9.97 Å². The number of rotatable bonds is 6. The fourth-order valence-corrected chi connectivity index (χ4v) is 4.99. The summed E-state index contributed by atoms with van der Waals surface area (Å²) in [6.07, 6.45) is 7.66. The standard InChI is InChI=1S/C23H33N7O2/c1-15(2)13-16-14-24-22(25-16)27-20-17-5-3-6-18(17)26-23(28-20)30-8-4-7-19(30)21(31)29-9-11-32-12-10-29/h14-15,19H,3-13H2,1-2H3,(H2,24,25,26,27,28). The van der Waals surface area contributed by atoms with Crippen LogP contribution in [0.3, 0.4) is 0 Å². The van der Waals surface area contributed by atoms with Crippen molar-refractivity contribution in [3.05, 3.63) is 23.1 Å². The minimum absolute atomic E-state index is 0.175. The van der Waals surface area contributed by atoms with Crippen molar-refractivity contribution in [1.29, 1.82) is 0 Å². The predicted octanol–water partition coefficient (Wildman–Crippen LogP) is 2.46. The molecule has 0 saturated carbocycles. The molecule has 0 radical (unpaired) electrons. The van der Waals surface area contributed by atoms with E-state index in [4.69, 9.17) is 14.7 Å². The molecular formula is C23H33N7O2. The molecule has 2 aromatic rings. The van der Waals surface area contributed by atoms with Gasteiger partial charge in [0.2, 0.25) is 17.8 Å². The quantitative estimate of drug-likeness (QED) is 0.713.